The van der Waals surface area contributed by atoms with Crippen molar-refractivity contribution in [3.63, 3.8) is 0 Å². The third-order valence-electron chi connectivity index (χ3n) is 18.7. The number of aliphatic hydroxyl groups excluding tert-OH is 1. The minimum absolute atomic E-state index is 0.0277. The number of ether oxygens (including phenoxy) is 3. The zero-order valence-electron chi connectivity index (χ0n) is 51.8. The minimum Gasteiger partial charge on any atom is -0.477 e. The monoisotopic (exact) mass is 1230 g/mol. The molecule has 2 aliphatic carbocycles. The highest BCUT2D eigenvalue weighted by atomic mass is 16.5. The lowest BCUT2D eigenvalue weighted by Gasteiger charge is -2.39. The fourth-order valence-corrected chi connectivity index (χ4v) is 13.9. The molecule has 7 atom stereocenters. The summed E-state index contributed by atoms with van der Waals surface area (Å²) < 4.78 is 25.2. The first-order chi connectivity index (χ1) is 45.1. The number of nitrogens with zero attached hydrogens (tertiary/aromatic N) is 9. The van der Waals surface area contributed by atoms with Gasteiger partial charge in [0.25, 0.3) is 17.7 Å². The fourth-order valence-electron chi connectivity index (χ4n) is 13.9. The molecule has 4 unspecified atom stereocenters. The predicted octanol–water partition coefficient (Wildman–Crippen LogP) is 9.80. The number of carbonyl (C=O) groups excluding carboxylic acids is 3. The second-order valence-electron chi connectivity index (χ2n) is 25.4. The number of rotatable bonds is 19. The van der Waals surface area contributed by atoms with E-state index >= 15 is 0 Å². The van der Waals surface area contributed by atoms with Crippen molar-refractivity contribution in [1.82, 2.24) is 45.3 Å². The van der Waals surface area contributed by atoms with Crippen LogP contribution in [-0.2, 0) is 40.4 Å². The van der Waals surface area contributed by atoms with E-state index in [1.54, 1.807) is 18.6 Å². The van der Waals surface area contributed by atoms with Gasteiger partial charge < -0.3 is 50.0 Å². The van der Waals surface area contributed by atoms with Crippen molar-refractivity contribution in [2.45, 2.75) is 127 Å². The lowest BCUT2D eigenvalue weighted by Crippen LogP contribution is -2.55. The normalized spacial score (nSPS) is 20.7. The fraction of sp³-hybridized carbons (Fsp3) is 0.342. The summed E-state index contributed by atoms with van der Waals surface area (Å²) in [4.78, 5) is 49.5. The molecule has 0 saturated heterocycles. The van der Waals surface area contributed by atoms with Gasteiger partial charge in [-0.2, -0.15) is 15.3 Å². The van der Waals surface area contributed by atoms with Gasteiger partial charge in [0.15, 0.2) is 18.3 Å². The van der Waals surface area contributed by atoms with Crippen LogP contribution in [0.25, 0.3) is 17.1 Å². The Bertz CT molecular complexity index is 3970. The Morgan fingerprint density at radius 3 is 1.52 bits per heavy atom. The topological polar surface area (TPSA) is 198 Å². The summed E-state index contributed by atoms with van der Waals surface area (Å²) in [6.07, 6.45) is 15.9. The number of nitrogens with one attached hydrogen (secondary N) is 3. The van der Waals surface area contributed by atoms with Gasteiger partial charge in [0, 0.05) is 75.3 Å². The minimum atomic E-state index is -0.899. The Labute approximate surface area is 535 Å². The van der Waals surface area contributed by atoms with Gasteiger partial charge in [-0.05, 0) is 157 Å². The SMILES string of the molecule is CC(CNC(=O)C1CN(Cc2ccc(-n3cccn3)cc2)c2ccc(C3CCC[C@H](NC(=O)[C@@H]4CN(Cc5ccc(-n6cccn6)cc5)c5ccccc5O4)[C@H]3O)cc2O1)Cc1ccc2c(c1)OC(C(=O)NC1CCCCC1)CN2Cc1ccc(-n2cccn2)cc1. The molecule has 0 radical (unpaired) electrons. The predicted molar refractivity (Wildman–Crippen MR) is 352 cm³/mol. The van der Waals surface area contributed by atoms with Crippen LogP contribution in [0.2, 0.25) is 0 Å². The highest BCUT2D eigenvalue weighted by Crippen LogP contribution is 2.42. The Balaban J connectivity index is 0.649. The third kappa shape index (κ3) is 13.4. The first kappa shape index (κ1) is 59.7. The molecular formula is C73H78N12O7. The molecular weight excluding hydrogens is 1160 g/mol. The number of benzene rings is 6. The van der Waals surface area contributed by atoms with Gasteiger partial charge in [0.1, 0.15) is 17.2 Å². The van der Waals surface area contributed by atoms with E-state index in [-0.39, 0.29) is 35.6 Å². The van der Waals surface area contributed by atoms with Crippen molar-refractivity contribution in [2.75, 3.05) is 40.9 Å². The molecule has 2 saturated carbocycles. The molecule has 9 aromatic rings. The van der Waals surface area contributed by atoms with Crippen molar-refractivity contribution in [3.8, 4) is 34.3 Å². The third-order valence-corrected chi connectivity index (χ3v) is 18.7. The summed E-state index contributed by atoms with van der Waals surface area (Å²) >= 11 is 0. The second-order valence-corrected chi connectivity index (χ2v) is 25.4. The summed E-state index contributed by atoms with van der Waals surface area (Å²) in [6.45, 7) is 5.24. The zero-order chi connectivity index (χ0) is 62.5. The number of carbonyl (C=O) groups is 3. The van der Waals surface area contributed by atoms with E-state index in [0.29, 0.717) is 82.3 Å². The Morgan fingerprint density at radius 2 is 0.978 bits per heavy atom. The van der Waals surface area contributed by atoms with E-state index in [4.69, 9.17) is 14.2 Å². The molecule has 3 aromatic heterocycles. The average Bonchev–Trinajstić information content (AvgIpc) is 1.14. The number of aromatic nitrogens is 6. The van der Waals surface area contributed by atoms with Crippen LogP contribution < -0.4 is 44.9 Å². The summed E-state index contributed by atoms with van der Waals surface area (Å²) in [5, 5.41) is 35.2. The average molecular weight is 1240 g/mol. The number of amides is 3. The standard InChI is InChI=1S/C73H78N12O7/c1-49(39-53-23-31-62-65(40-53)91-68(72(88)78-55-11-3-2-4-12-55)47-82(62)45-52-21-29-58(30-22-52)85-38-10-35-77-85)42-74-71(87)67-46-81(44-51-19-27-57(28-20-51)84-37-9-34-76-84)63-32-24-54(41-66(63)92-67)59-13-7-14-60(70(59)86)79-73(89)69-48-80(61-15-5-6-16-64(61)90-69)43-50-17-25-56(26-18-50)83-36-8-33-75-83/h5-6,8-10,15-38,40-41,49,55,59-60,67-70,86H,2-4,7,11-14,39,42-48H2,1H3,(H,74,87)(H,78,88)(H,79,89)/t49?,59?,60-,67?,68?,69-,70-/m0/s1. The maximum atomic E-state index is 14.5. The van der Waals surface area contributed by atoms with Crippen LogP contribution in [-0.4, -0.2) is 115 Å². The smallest absolute Gasteiger partial charge is 0.263 e. The highest BCUT2D eigenvalue weighted by Gasteiger charge is 2.40. The number of para-hydroxylation sites is 2. The van der Waals surface area contributed by atoms with Crippen molar-refractivity contribution in [3.05, 3.63) is 217 Å². The molecule has 4 N–H and O–H groups in total. The quantitative estimate of drug-likeness (QED) is 0.0597. The Morgan fingerprint density at radius 1 is 0.500 bits per heavy atom. The van der Waals surface area contributed by atoms with Crippen LogP contribution in [0.3, 0.4) is 0 Å². The van der Waals surface area contributed by atoms with Gasteiger partial charge in [-0.15, -0.1) is 0 Å². The van der Waals surface area contributed by atoms with Crippen LogP contribution in [0, 0.1) is 5.92 Å². The van der Waals surface area contributed by atoms with Crippen LogP contribution in [0.5, 0.6) is 17.2 Å². The van der Waals surface area contributed by atoms with Gasteiger partial charge in [-0.25, -0.2) is 14.0 Å². The highest BCUT2D eigenvalue weighted by molar-refractivity contribution is 5.85. The summed E-state index contributed by atoms with van der Waals surface area (Å²) in [5.41, 5.74) is 10.7. The number of hydrogen-bond acceptors (Lipinski definition) is 13. The molecule has 6 heterocycles. The Hall–Kier alpha value is -9.88. The summed E-state index contributed by atoms with van der Waals surface area (Å²) in [7, 11) is 0. The lowest BCUT2D eigenvalue weighted by atomic mass is 9.78. The molecule has 3 amide bonds. The molecule has 472 valence electrons. The van der Waals surface area contributed by atoms with Crippen LogP contribution >= 0.6 is 0 Å². The lowest BCUT2D eigenvalue weighted by molar-refractivity contribution is -0.130. The van der Waals surface area contributed by atoms with E-state index in [0.717, 1.165) is 94.0 Å². The van der Waals surface area contributed by atoms with E-state index in [1.807, 2.05) is 111 Å². The number of anilines is 3. The van der Waals surface area contributed by atoms with Crippen molar-refractivity contribution in [2.24, 2.45) is 5.92 Å². The van der Waals surface area contributed by atoms with Crippen molar-refractivity contribution in [1.29, 1.82) is 0 Å². The van der Waals surface area contributed by atoms with Gasteiger partial charge >= 0.3 is 0 Å². The molecule has 5 aliphatic rings. The molecule has 19 heteroatoms. The van der Waals surface area contributed by atoms with Gasteiger partial charge in [0.05, 0.1) is 65.9 Å². The van der Waals surface area contributed by atoms with Crippen molar-refractivity contribution >= 4 is 34.8 Å². The maximum absolute atomic E-state index is 14.5. The molecule has 92 heavy (non-hydrogen) atoms. The Kier molecular flexibility index (Phi) is 17.5. The van der Waals surface area contributed by atoms with E-state index < -0.39 is 30.5 Å². The maximum Gasteiger partial charge on any atom is 0.263 e. The van der Waals surface area contributed by atoms with Crippen molar-refractivity contribution < 1.29 is 33.7 Å². The molecule has 3 aliphatic heterocycles. The molecule has 0 spiro atoms. The number of hydrogen-bond donors (Lipinski definition) is 4. The summed E-state index contributed by atoms with van der Waals surface area (Å²) in [6, 6.07) is 50.3. The van der Waals surface area contributed by atoms with Crippen LogP contribution in [0.1, 0.15) is 92.0 Å². The van der Waals surface area contributed by atoms with Gasteiger partial charge in [-0.3, -0.25) is 14.4 Å². The van der Waals surface area contributed by atoms with Crippen LogP contribution in [0.4, 0.5) is 17.1 Å². The molecule has 2 fully saturated rings. The number of aliphatic hydroxyl groups is 1. The van der Waals surface area contributed by atoms with Gasteiger partial charge in [-0.1, -0.05) is 93.3 Å². The van der Waals surface area contributed by atoms with E-state index in [2.05, 4.69) is 126 Å². The molecule has 6 aromatic carbocycles. The summed E-state index contributed by atoms with van der Waals surface area (Å²) in [5.74, 6) is 0.980. The van der Waals surface area contributed by atoms with E-state index in [9.17, 15) is 19.5 Å². The largest absolute Gasteiger partial charge is 0.477 e. The van der Waals surface area contributed by atoms with Crippen LogP contribution in [0.15, 0.2) is 189 Å². The zero-order valence-corrected chi connectivity index (χ0v) is 51.8. The first-order valence-corrected chi connectivity index (χ1v) is 32.5. The molecule has 0 bridgehead atoms. The van der Waals surface area contributed by atoms with E-state index in [1.165, 1.54) is 6.42 Å². The molecule has 14 rings (SSSR count). The molecule has 19 nitrogen and oxygen atoms in total. The van der Waals surface area contributed by atoms with Gasteiger partial charge in [0.2, 0.25) is 0 Å². The number of fused-ring (bicyclic) bond motifs is 3. The second kappa shape index (κ2) is 26.9. The first-order valence-electron chi connectivity index (χ1n) is 32.5.